The average Bonchev–Trinajstić information content (AvgIpc) is 2.39. The Morgan fingerprint density at radius 3 is 2.94 bits per heavy atom. The SMILES string of the molecule is Cc1cnc(CNC(=O)C2CC=CCC2)cn1. The topological polar surface area (TPSA) is 54.9 Å². The molecule has 2 rings (SSSR count). The summed E-state index contributed by atoms with van der Waals surface area (Å²) in [5.41, 5.74) is 1.69. The second kappa shape index (κ2) is 5.57. The number of allylic oxidation sites excluding steroid dienone is 2. The van der Waals surface area contributed by atoms with Crippen molar-refractivity contribution >= 4 is 5.91 Å². The van der Waals surface area contributed by atoms with Crippen molar-refractivity contribution in [3.05, 3.63) is 35.9 Å². The van der Waals surface area contributed by atoms with Gasteiger partial charge in [-0.1, -0.05) is 12.2 Å². The van der Waals surface area contributed by atoms with E-state index in [0.29, 0.717) is 6.54 Å². The summed E-state index contributed by atoms with van der Waals surface area (Å²) in [6, 6.07) is 0. The van der Waals surface area contributed by atoms with Gasteiger partial charge >= 0.3 is 0 Å². The van der Waals surface area contributed by atoms with Gasteiger partial charge in [-0.05, 0) is 26.2 Å². The van der Waals surface area contributed by atoms with Crippen molar-refractivity contribution in [3.8, 4) is 0 Å². The molecule has 4 nitrogen and oxygen atoms in total. The van der Waals surface area contributed by atoms with Crippen molar-refractivity contribution in [1.82, 2.24) is 15.3 Å². The maximum atomic E-state index is 11.8. The van der Waals surface area contributed by atoms with E-state index >= 15 is 0 Å². The first-order chi connectivity index (χ1) is 8.25. The minimum absolute atomic E-state index is 0.122. The van der Waals surface area contributed by atoms with Crippen LogP contribution >= 0.6 is 0 Å². The minimum atomic E-state index is 0.122. The third kappa shape index (κ3) is 3.37. The molecule has 0 spiro atoms. The normalized spacial score (nSPS) is 19.0. The fourth-order valence-electron chi connectivity index (χ4n) is 1.86. The van der Waals surface area contributed by atoms with Crippen LogP contribution in [0.25, 0.3) is 0 Å². The van der Waals surface area contributed by atoms with Crippen molar-refractivity contribution in [3.63, 3.8) is 0 Å². The van der Waals surface area contributed by atoms with E-state index in [-0.39, 0.29) is 11.8 Å². The third-order valence-corrected chi connectivity index (χ3v) is 2.92. The first kappa shape index (κ1) is 11.8. The number of nitrogens with zero attached hydrogens (tertiary/aromatic N) is 2. The molecule has 0 radical (unpaired) electrons. The Morgan fingerprint density at radius 1 is 1.41 bits per heavy atom. The molecule has 1 aromatic rings. The van der Waals surface area contributed by atoms with Crippen LogP contribution in [-0.4, -0.2) is 15.9 Å². The van der Waals surface area contributed by atoms with Gasteiger partial charge in [0.2, 0.25) is 5.91 Å². The van der Waals surface area contributed by atoms with Crippen LogP contribution in [0.5, 0.6) is 0 Å². The van der Waals surface area contributed by atoms with Crippen molar-refractivity contribution in [2.75, 3.05) is 0 Å². The number of aryl methyl sites for hydroxylation is 1. The smallest absolute Gasteiger partial charge is 0.223 e. The van der Waals surface area contributed by atoms with Crippen LogP contribution in [0.3, 0.4) is 0 Å². The molecular formula is C13H17N3O. The molecule has 17 heavy (non-hydrogen) atoms. The van der Waals surface area contributed by atoms with Crippen molar-refractivity contribution < 1.29 is 4.79 Å². The van der Waals surface area contributed by atoms with Gasteiger partial charge in [0.05, 0.1) is 24.1 Å². The number of nitrogens with one attached hydrogen (secondary N) is 1. The zero-order valence-electron chi connectivity index (χ0n) is 10.0. The fourth-order valence-corrected chi connectivity index (χ4v) is 1.86. The van der Waals surface area contributed by atoms with Gasteiger partial charge in [-0.3, -0.25) is 14.8 Å². The van der Waals surface area contributed by atoms with Crippen LogP contribution in [-0.2, 0) is 11.3 Å². The largest absolute Gasteiger partial charge is 0.350 e. The molecule has 4 heteroatoms. The first-order valence-electron chi connectivity index (χ1n) is 5.96. The summed E-state index contributed by atoms with van der Waals surface area (Å²) < 4.78 is 0. The molecule has 0 saturated carbocycles. The molecule has 1 N–H and O–H groups in total. The van der Waals surface area contributed by atoms with Gasteiger partial charge in [0.1, 0.15) is 0 Å². The number of carbonyl (C=O) groups excluding carboxylic acids is 1. The van der Waals surface area contributed by atoms with Gasteiger partial charge < -0.3 is 5.32 Å². The highest BCUT2D eigenvalue weighted by Gasteiger charge is 2.18. The summed E-state index contributed by atoms with van der Waals surface area (Å²) in [7, 11) is 0. The number of carbonyl (C=O) groups is 1. The molecule has 0 saturated heterocycles. The zero-order chi connectivity index (χ0) is 12.1. The van der Waals surface area contributed by atoms with Crippen LogP contribution in [0.15, 0.2) is 24.5 Å². The molecule has 1 amide bonds. The molecule has 0 aromatic carbocycles. The third-order valence-electron chi connectivity index (χ3n) is 2.92. The highest BCUT2D eigenvalue weighted by atomic mass is 16.1. The van der Waals surface area contributed by atoms with Gasteiger partial charge in [-0.25, -0.2) is 0 Å². The Labute approximate surface area is 101 Å². The summed E-state index contributed by atoms with van der Waals surface area (Å²) in [5.74, 6) is 0.245. The van der Waals surface area contributed by atoms with Crippen molar-refractivity contribution in [1.29, 1.82) is 0 Å². The minimum Gasteiger partial charge on any atom is -0.350 e. The number of hydrogen-bond donors (Lipinski definition) is 1. The van der Waals surface area contributed by atoms with Crippen LogP contribution in [0.2, 0.25) is 0 Å². The lowest BCUT2D eigenvalue weighted by atomic mass is 9.94. The molecule has 1 aliphatic rings. The van der Waals surface area contributed by atoms with Crippen molar-refractivity contribution in [2.45, 2.75) is 32.7 Å². The van der Waals surface area contributed by atoms with E-state index < -0.39 is 0 Å². The summed E-state index contributed by atoms with van der Waals surface area (Å²) in [6.07, 6.45) is 10.4. The second-order valence-electron chi connectivity index (χ2n) is 4.35. The standard InChI is InChI=1S/C13H17N3O/c1-10-7-15-12(8-14-10)9-16-13(17)11-5-3-2-4-6-11/h2-3,7-8,11H,4-6,9H2,1H3,(H,16,17). The van der Waals surface area contributed by atoms with Gasteiger partial charge in [0.25, 0.3) is 0 Å². The number of aromatic nitrogens is 2. The van der Waals surface area contributed by atoms with Crippen molar-refractivity contribution in [2.24, 2.45) is 5.92 Å². The lowest BCUT2D eigenvalue weighted by molar-refractivity contribution is -0.125. The summed E-state index contributed by atoms with van der Waals surface area (Å²) >= 11 is 0. The lowest BCUT2D eigenvalue weighted by Crippen LogP contribution is -2.31. The molecule has 1 aromatic heterocycles. The Hall–Kier alpha value is -1.71. The van der Waals surface area contributed by atoms with Gasteiger partial charge in [0, 0.05) is 12.1 Å². The predicted octanol–water partition coefficient (Wildman–Crippen LogP) is 1.76. The van der Waals surface area contributed by atoms with E-state index in [9.17, 15) is 4.79 Å². The maximum absolute atomic E-state index is 11.8. The molecule has 0 fully saturated rings. The van der Waals surface area contributed by atoms with E-state index in [1.54, 1.807) is 12.4 Å². The second-order valence-corrected chi connectivity index (χ2v) is 4.35. The highest BCUT2D eigenvalue weighted by molar-refractivity contribution is 5.78. The highest BCUT2D eigenvalue weighted by Crippen LogP contribution is 2.17. The zero-order valence-corrected chi connectivity index (χ0v) is 10.0. The van der Waals surface area contributed by atoms with Crippen LogP contribution in [0, 0.1) is 12.8 Å². The Kier molecular flexibility index (Phi) is 3.85. The van der Waals surface area contributed by atoms with E-state index in [1.165, 1.54) is 0 Å². The Balaban J connectivity index is 1.83. The summed E-state index contributed by atoms with van der Waals surface area (Å²) in [6.45, 7) is 2.36. The molecule has 1 heterocycles. The molecular weight excluding hydrogens is 214 g/mol. The molecule has 90 valence electrons. The predicted molar refractivity (Wildman–Crippen MR) is 65.1 cm³/mol. The summed E-state index contributed by atoms with van der Waals surface area (Å²) in [4.78, 5) is 20.2. The first-order valence-corrected chi connectivity index (χ1v) is 5.96. The average molecular weight is 231 g/mol. The van der Waals surface area contributed by atoms with E-state index in [1.807, 2.05) is 6.92 Å². The van der Waals surface area contributed by atoms with Gasteiger partial charge in [-0.2, -0.15) is 0 Å². The van der Waals surface area contributed by atoms with E-state index in [2.05, 4.69) is 27.4 Å². The van der Waals surface area contributed by atoms with Crippen LogP contribution in [0.4, 0.5) is 0 Å². The van der Waals surface area contributed by atoms with E-state index in [0.717, 1.165) is 30.7 Å². The summed E-state index contributed by atoms with van der Waals surface area (Å²) in [5, 5.41) is 2.91. The molecule has 0 bridgehead atoms. The number of rotatable bonds is 3. The Bertz CT molecular complexity index is 411. The quantitative estimate of drug-likeness (QED) is 0.806. The number of amides is 1. The van der Waals surface area contributed by atoms with E-state index in [4.69, 9.17) is 0 Å². The molecule has 1 unspecified atom stereocenters. The molecule has 1 atom stereocenters. The lowest BCUT2D eigenvalue weighted by Gasteiger charge is -2.16. The van der Waals surface area contributed by atoms with Crippen LogP contribution < -0.4 is 5.32 Å². The molecule has 1 aliphatic carbocycles. The fraction of sp³-hybridized carbons (Fsp3) is 0.462. The van der Waals surface area contributed by atoms with Gasteiger partial charge in [0.15, 0.2) is 0 Å². The van der Waals surface area contributed by atoms with Gasteiger partial charge in [-0.15, -0.1) is 0 Å². The van der Waals surface area contributed by atoms with Crippen LogP contribution in [0.1, 0.15) is 30.7 Å². The number of hydrogen-bond acceptors (Lipinski definition) is 3. The Morgan fingerprint density at radius 2 is 2.29 bits per heavy atom. The monoisotopic (exact) mass is 231 g/mol. The molecule has 0 aliphatic heterocycles. The maximum Gasteiger partial charge on any atom is 0.223 e.